The normalized spacial score (nSPS) is 10.5. The number of aromatic nitrogens is 2. The number of hydrogen-bond acceptors (Lipinski definition) is 4. The third kappa shape index (κ3) is 4.35. The lowest BCUT2D eigenvalue weighted by atomic mass is 10.1. The minimum absolute atomic E-state index is 0.169. The Morgan fingerprint density at radius 1 is 1.15 bits per heavy atom. The summed E-state index contributed by atoms with van der Waals surface area (Å²) in [4.78, 5) is 28.4. The first-order valence-electron chi connectivity index (χ1n) is 7.92. The lowest BCUT2D eigenvalue weighted by molar-refractivity contribution is -0.116. The molecule has 1 aromatic heterocycles. The maximum atomic E-state index is 13.6. The van der Waals surface area contributed by atoms with Gasteiger partial charge in [0.05, 0.1) is 24.8 Å². The van der Waals surface area contributed by atoms with Gasteiger partial charge in [0.2, 0.25) is 5.91 Å². The molecule has 3 aromatic rings. The molecule has 0 unspecified atom stereocenters. The molecule has 27 heavy (non-hydrogen) atoms. The Balaban J connectivity index is 1.73. The molecule has 1 N–H and O–H groups in total. The van der Waals surface area contributed by atoms with E-state index in [2.05, 4.69) is 10.3 Å². The SMILES string of the molecule is COc1ccc(-c2cc(=O)n(CC(=O)Nc3ccc(F)cc3F)cn2)cc1. The van der Waals surface area contributed by atoms with E-state index in [1.165, 1.54) is 12.4 Å². The van der Waals surface area contributed by atoms with Crippen LogP contribution >= 0.6 is 0 Å². The molecular formula is C19H15F2N3O3. The third-order valence-corrected chi connectivity index (χ3v) is 3.78. The summed E-state index contributed by atoms with van der Waals surface area (Å²) in [6, 6.07) is 11.1. The van der Waals surface area contributed by atoms with Crippen LogP contribution in [0.25, 0.3) is 11.3 Å². The second-order valence-corrected chi connectivity index (χ2v) is 5.64. The molecule has 3 rings (SSSR count). The van der Waals surface area contributed by atoms with E-state index in [9.17, 15) is 18.4 Å². The highest BCUT2D eigenvalue weighted by atomic mass is 19.1. The maximum Gasteiger partial charge on any atom is 0.254 e. The summed E-state index contributed by atoms with van der Waals surface area (Å²) in [7, 11) is 1.55. The number of carbonyl (C=O) groups excluding carboxylic acids is 1. The van der Waals surface area contributed by atoms with Gasteiger partial charge in [-0.05, 0) is 36.4 Å². The Bertz CT molecular complexity index is 1030. The molecule has 0 atom stereocenters. The first-order chi connectivity index (χ1) is 13.0. The summed E-state index contributed by atoms with van der Waals surface area (Å²) in [5, 5.41) is 2.29. The van der Waals surface area contributed by atoms with Crippen LogP contribution in [0.3, 0.4) is 0 Å². The molecule has 0 bridgehead atoms. The van der Waals surface area contributed by atoms with Gasteiger partial charge in [0.1, 0.15) is 23.9 Å². The van der Waals surface area contributed by atoms with Crippen molar-refractivity contribution in [1.82, 2.24) is 9.55 Å². The predicted octanol–water partition coefficient (Wildman–Crippen LogP) is 2.84. The maximum absolute atomic E-state index is 13.6. The van der Waals surface area contributed by atoms with Gasteiger partial charge in [-0.2, -0.15) is 0 Å². The molecule has 2 aromatic carbocycles. The van der Waals surface area contributed by atoms with Crippen LogP contribution in [0.15, 0.2) is 59.7 Å². The summed E-state index contributed by atoms with van der Waals surface area (Å²) in [6.07, 6.45) is 1.24. The van der Waals surface area contributed by atoms with Crippen LogP contribution in [0.2, 0.25) is 0 Å². The van der Waals surface area contributed by atoms with Gasteiger partial charge < -0.3 is 10.1 Å². The van der Waals surface area contributed by atoms with Crippen molar-refractivity contribution in [3.8, 4) is 17.0 Å². The molecule has 1 heterocycles. The van der Waals surface area contributed by atoms with E-state index in [4.69, 9.17) is 4.74 Å². The fourth-order valence-corrected chi connectivity index (χ4v) is 2.40. The molecule has 0 radical (unpaired) electrons. The fourth-order valence-electron chi connectivity index (χ4n) is 2.40. The van der Waals surface area contributed by atoms with Gasteiger partial charge >= 0.3 is 0 Å². The zero-order valence-corrected chi connectivity index (χ0v) is 14.3. The van der Waals surface area contributed by atoms with Crippen LogP contribution in [0.4, 0.5) is 14.5 Å². The van der Waals surface area contributed by atoms with Gasteiger partial charge in [-0.3, -0.25) is 14.2 Å². The number of hydrogen-bond donors (Lipinski definition) is 1. The van der Waals surface area contributed by atoms with Crippen LogP contribution in [-0.2, 0) is 11.3 Å². The summed E-state index contributed by atoms with van der Waals surface area (Å²) < 4.78 is 32.6. The van der Waals surface area contributed by atoms with Crippen molar-refractivity contribution in [3.05, 3.63) is 76.8 Å². The zero-order valence-electron chi connectivity index (χ0n) is 14.3. The summed E-state index contributed by atoms with van der Waals surface area (Å²) in [5.74, 6) is -1.61. The first-order valence-corrected chi connectivity index (χ1v) is 7.92. The average molecular weight is 371 g/mol. The number of anilines is 1. The van der Waals surface area contributed by atoms with Gasteiger partial charge in [-0.1, -0.05) is 0 Å². The molecule has 0 spiro atoms. The minimum Gasteiger partial charge on any atom is -0.497 e. The number of ether oxygens (including phenoxy) is 1. The van der Waals surface area contributed by atoms with Gasteiger partial charge in [-0.25, -0.2) is 13.8 Å². The van der Waals surface area contributed by atoms with E-state index >= 15 is 0 Å². The number of nitrogens with one attached hydrogen (secondary N) is 1. The van der Waals surface area contributed by atoms with Crippen LogP contribution in [0.1, 0.15) is 0 Å². The van der Waals surface area contributed by atoms with Crippen molar-refractivity contribution >= 4 is 11.6 Å². The van der Waals surface area contributed by atoms with Crippen molar-refractivity contribution in [1.29, 1.82) is 0 Å². The predicted molar refractivity (Wildman–Crippen MR) is 95.5 cm³/mol. The topological polar surface area (TPSA) is 73.2 Å². The van der Waals surface area contributed by atoms with Crippen molar-refractivity contribution in [2.45, 2.75) is 6.54 Å². The zero-order chi connectivity index (χ0) is 19.4. The van der Waals surface area contributed by atoms with E-state index in [1.54, 1.807) is 31.4 Å². The Labute approximate surface area is 153 Å². The number of nitrogens with zero attached hydrogens (tertiary/aromatic N) is 2. The molecule has 0 aliphatic carbocycles. The van der Waals surface area contributed by atoms with Crippen LogP contribution in [0, 0.1) is 11.6 Å². The van der Waals surface area contributed by atoms with E-state index < -0.39 is 23.1 Å². The van der Waals surface area contributed by atoms with Crippen molar-refractivity contribution in [2.24, 2.45) is 0 Å². The van der Waals surface area contributed by atoms with Crippen LogP contribution in [-0.4, -0.2) is 22.6 Å². The molecule has 0 saturated heterocycles. The number of methoxy groups -OCH3 is 1. The quantitative estimate of drug-likeness (QED) is 0.749. The number of rotatable bonds is 5. The molecule has 0 saturated carbocycles. The minimum atomic E-state index is -0.899. The molecule has 138 valence electrons. The summed E-state index contributed by atoms with van der Waals surface area (Å²) in [6.45, 7) is -0.356. The fraction of sp³-hybridized carbons (Fsp3) is 0.105. The summed E-state index contributed by atoms with van der Waals surface area (Å²) in [5.41, 5.74) is 0.560. The number of halogens is 2. The number of carbonyl (C=O) groups is 1. The number of benzene rings is 2. The van der Waals surface area contributed by atoms with E-state index in [0.29, 0.717) is 17.5 Å². The average Bonchev–Trinajstić information content (AvgIpc) is 2.66. The van der Waals surface area contributed by atoms with Crippen LogP contribution in [0.5, 0.6) is 5.75 Å². The molecule has 6 nitrogen and oxygen atoms in total. The van der Waals surface area contributed by atoms with Gasteiger partial charge in [0, 0.05) is 17.7 Å². The molecule has 1 amide bonds. The van der Waals surface area contributed by atoms with Gasteiger partial charge in [0.15, 0.2) is 0 Å². The van der Waals surface area contributed by atoms with Crippen molar-refractivity contribution < 1.29 is 18.3 Å². The second kappa shape index (κ2) is 7.77. The Hall–Kier alpha value is -3.55. The van der Waals surface area contributed by atoms with Crippen molar-refractivity contribution in [3.63, 3.8) is 0 Å². The van der Waals surface area contributed by atoms with E-state index in [-0.39, 0.29) is 12.2 Å². The monoisotopic (exact) mass is 371 g/mol. The highest BCUT2D eigenvalue weighted by molar-refractivity contribution is 5.90. The van der Waals surface area contributed by atoms with Gasteiger partial charge in [-0.15, -0.1) is 0 Å². The Morgan fingerprint density at radius 3 is 2.52 bits per heavy atom. The largest absolute Gasteiger partial charge is 0.497 e. The molecular weight excluding hydrogens is 356 g/mol. The molecule has 8 heteroatoms. The highest BCUT2D eigenvalue weighted by Crippen LogP contribution is 2.19. The van der Waals surface area contributed by atoms with Gasteiger partial charge in [0.25, 0.3) is 5.56 Å². The third-order valence-electron chi connectivity index (χ3n) is 3.78. The molecule has 0 aliphatic rings. The lowest BCUT2D eigenvalue weighted by Gasteiger charge is -2.09. The smallest absolute Gasteiger partial charge is 0.254 e. The Morgan fingerprint density at radius 2 is 1.89 bits per heavy atom. The summed E-state index contributed by atoms with van der Waals surface area (Å²) >= 11 is 0. The van der Waals surface area contributed by atoms with E-state index in [1.807, 2.05) is 0 Å². The van der Waals surface area contributed by atoms with Crippen LogP contribution < -0.4 is 15.6 Å². The van der Waals surface area contributed by atoms with Crippen molar-refractivity contribution in [2.75, 3.05) is 12.4 Å². The highest BCUT2D eigenvalue weighted by Gasteiger charge is 2.10. The molecule has 0 aliphatic heterocycles. The first kappa shape index (κ1) is 18.2. The Kier molecular flexibility index (Phi) is 5.25. The van der Waals surface area contributed by atoms with E-state index in [0.717, 1.165) is 22.3 Å². The second-order valence-electron chi connectivity index (χ2n) is 5.64. The number of amides is 1. The lowest BCUT2D eigenvalue weighted by Crippen LogP contribution is -2.27. The standard InChI is InChI=1S/C19H15F2N3O3/c1-27-14-5-2-12(3-6-14)17-9-19(26)24(11-22-17)10-18(25)23-16-7-4-13(20)8-15(16)21/h2-9,11H,10H2,1H3,(H,23,25). The molecule has 0 fully saturated rings.